The van der Waals surface area contributed by atoms with Crippen LogP contribution in [0, 0.1) is 6.92 Å². The van der Waals surface area contributed by atoms with Crippen molar-refractivity contribution in [2.75, 3.05) is 11.5 Å². The first kappa shape index (κ1) is 12.9. The Morgan fingerprint density at radius 1 is 1.28 bits per heavy atom. The van der Waals surface area contributed by atoms with Gasteiger partial charge in [-0.2, -0.15) is 0 Å². The highest BCUT2D eigenvalue weighted by Crippen LogP contribution is 2.25. The highest BCUT2D eigenvalue weighted by Gasteiger charge is 2.10. The second-order valence-corrected chi connectivity index (χ2v) is 5.31. The number of thioether (sulfide) groups is 1. The Hall–Kier alpha value is -1.52. The number of rotatable bonds is 4. The van der Waals surface area contributed by atoms with E-state index in [9.17, 15) is 0 Å². The summed E-state index contributed by atoms with van der Waals surface area (Å²) in [4.78, 5) is 5.29. The fourth-order valence-electron chi connectivity index (χ4n) is 1.72. The highest BCUT2D eigenvalue weighted by atomic mass is 32.2. The van der Waals surface area contributed by atoms with E-state index in [4.69, 9.17) is 11.5 Å². The Labute approximate surface area is 112 Å². The second kappa shape index (κ2) is 5.89. The van der Waals surface area contributed by atoms with E-state index in [0.29, 0.717) is 5.82 Å². The molecule has 0 aliphatic carbocycles. The summed E-state index contributed by atoms with van der Waals surface area (Å²) in [7, 11) is 0. The molecule has 4 N–H and O–H groups in total. The number of aryl methyl sites for hydroxylation is 1. The zero-order chi connectivity index (χ0) is 13.0. The fraction of sp³-hybridized carbons (Fsp3) is 0.214. The first-order chi connectivity index (χ1) is 8.66. The van der Waals surface area contributed by atoms with Crippen molar-refractivity contribution >= 4 is 17.6 Å². The van der Waals surface area contributed by atoms with Crippen molar-refractivity contribution in [1.82, 2.24) is 4.98 Å². The van der Waals surface area contributed by atoms with E-state index in [1.807, 2.05) is 12.1 Å². The average molecular weight is 259 g/mol. The smallest absolute Gasteiger partial charge is 0.128 e. The highest BCUT2D eigenvalue weighted by molar-refractivity contribution is 7.99. The molecule has 0 saturated carbocycles. The molecular weight excluding hydrogens is 242 g/mol. The number of aromatic nitrogens is 1. The zero-order valence-corrected chi connectivity index (χ0v) is 11.2. The first-order valence-corrected chi connectivity index (χ1v) is 6.81. The molecule has 1 aromatic heterocycles. The summed E-state index contributed by atoms with van der Waals surface area (Å²) in [6, 6.07) is 12.1. The van der Waals surface area contributed by atoms with Gasteiger partial charge < -0.3 is 11.5 Å². The molecule has 0 spiro atoms. The number of nitrogen functional groups attached to an aromatic ring is 1. The molecule has 94 valence electrons. The lowest BCUT2D eigenvalue weighted by molar-refractivity contribution is 0.828. The summed E-state index contributed by atoms with van der Waals surface area (Å²) in [5, 5.41) is 0. The van der Waals surface area contributed by atoms with Gasteiger partial charge in [0, 0.05) is 28.5 Å². The predicted octanol–water partition coefficient (Wildman–Crippen LogP) is 2.76. The Morgan fingerprint density at radius 2 is 2.11 bits per heavy atom. The first-order valence-electron chi connectivity index (χ1n) is 5.82. The van der Waals surface area contributed by atoms with Crippen molar-refractivity contribution in [2.24, 2.45) is 5.73 Å². The van der Waals surface area contributed by atoms with Crippen LogP contribution in [0.3, 0.4) is 0 Å². The number of benzene rings is 1. The maximum atomic E-state index is 6.14. The molecule has 0 saturated heterocycles. The van der Waals surface area contributed by atoms with Gasteiger partial charge in [-0.05, 0) is 25.1 Å². The van der Waals surface area contributed by atoms with Gasteiger partial charge in [0.05, 0.1) is 0 Å². The molecule has 2 aromatic rings. The van der Waals surface area contributed by atoms with Gasteiger partial charge in [0.25, 0.3) is 0 Å². The quantitative estimate of drug-likeness (QED) is 0.829. The van der Waals surface area contributed by atoms with Crippen LogP contribution in [0.1, 0.15) is 17.2 Å². The number of nitrogens with zero attached hydrogens (tertiary/aromatic N) is 1. The van der Waals surface area contributed by atoms with Crippen LogP contribution in [0.25, 0.3) is 0 Å². The summed E-state index contributed by atoms with van der Waals surface area (Å²) in [6.45, 7) is 2.09. The minimum absolute atomic E-state index is 0.0933. The van der Waals surface area contributed by atoms with Crippen molar-refractivity contribution in [3.8, 4) is 0 Å². The van der Waals surface area contributed by atoms with Crippen LogP contribution < -0.4 is 11.5 Å². The molecular formula is C14H17N3S. The minimum atomic E-state index is -0.0933. The van der Waals surface area contributed by atoms with Gasteiger partial charge in [0.15, 0.2) is 0 Å². The third kappa shape index (κ3) is 3.24. The molecule has 1 unspecified atom stereocenters. The maximum Gasteiger partial charge on any atom is 0.128 e. The molecule has 0 amide bonds. The molecule has 1 aromatic carbocycles. The van der Waals surface area contributed by atoms with Crippen molar-refractivity contribution in [3.63, 3.8) is 0 Å². The van der Waals surface area contributed by atoms with Gasteiger partial charge >= 0.3 is 0 Å². The van der Waals surface area contributed by atoms with E-state index in [2.05, 4.69) is 36.2 Å². The molecule has 0 aliphatic heterocycles. The molecule has 0 fully saturated rings. The lowest BCUT2D eigenvalue weighted by atomic mass is 10.1. The van der Waals surface area contributed by atoms with Crippen molar-refractivity contribution < 1.29 is 0 Å². The number of nitrogens with two attached hydrogens (primary N) is 2. The number of anilines is 1. The van der Waals surface area contributed by atoms with E-state index >= 15 is 0 Å². The molecule has 3 nitrogen and oxygen atoms in total. The summed E-state index contributed by atoms with van der Waals surface area (Å²) in [6.07, 6.45) is 1.68. The monoisotopic (exact) mass is 259 g/mol. The standard InChI is InChI=1S/C14H17N3S/c1-10-4-2-5-11(8-10)18-9-13(15)12-6-3-7-17-14(12)16/h2-8,13H,9,15H2,1H3,(H2,16,17). The molecule has 1 heterocycles. The van der Waals surface area contributed by atoms with Crippen LogP contribution >= 0.6 is 11.8 Å². The maximum absolute atomic E-state index is 6.14. The minimum Gasteiger partial charge on any atom is -0.383 e. The molecule has 18 heavy (non-hydrogen) atoms. The molecule has 1 atom stereocenters. The van der Waals surface area contributed by atoms with E-state index in [1.165, 1.54) is 10.5 Å². The normalized spacial score (nSPS) is 12.3. The predicted molar refractivity (Wildman–Crippen MR) is 77.5 cm³/mol. The van der Waals surface area contributed by atoms with Crippen LogP contribution in [0.5, 0.6) is 0 Å². The summed E-state index contributed by atoms with van der Waals surface area (Å²) in [5.41, 5.74) is 14.1. The van der Waals surface area contributed by atoms with Gasteiger partial charge in [-0.25, -0.2) is 4.98 Å². The van der Waals surface area contributed by atoms with Gasteiger partial charge in [-0.15, -0.1) is 11.8 Å². The van der Waals surface area contributed by atoms with E-state index in [1.54, 1.807) is 18.0 Å². The van der Waals surface area contributed by atoms with Gasteiger partial charge in [-0.1, -0.05) is 23.8 Å². The van der Waals surface area contributed by atoms with E-state index in [0.717, 1.165) is 11.3 Å². The third-order valence-corrected chi connectivity index (χ3v) is 3.80. The lowest BCUT2D eigenvalue weighted by Gasteiger charge is -2.13. The lowest BCUT2D eigenvalue weighted by Crippen LogP contribution is -2.15. The average Bonchev–Trinajstić information content (AvgIpc) is 2.37. The Balaban J connectivity index is 2.00. The van der Waals surface area contributed by atoms with Gasteiger partial charge in [0.1, 0.15) is 5.82 Å². The number of pyridine rings is 1. The van der Waals surface area contributed by atoms with Gasteiger partial charge in [0.2, 0.25) is 0 Å². The molecule has 0 aliphatic rings. The SMILES string of the molecule is Cc1cccc(SCC(N)c2cccnc2N)c1. The summed E-state index contributed by atoms with van der Waals surface area (Å²) in [5.74, 6) is 1.31. The topological polar surface area (TPSA) is 64.9 Å². The van der Waals surface area contributed by atoms with Crippen molar-refractivity contribution in [2.45, 2.75) is 17.9 Å². The van der Waals surface area contributed by atoms with Crippen LogP contribution in [-0.2, 0) is 0 Å². The second-order valence-electron chi connectivity index (χ2n) is 4.21. The number of hydrogen-bond donors (Lipinski definition) is 2. The Bertz CT molecular complexity index is 528. The summed E-state index contributed by atoms with van der Waals surface area (Å²) >= 11 is 1.74. The van der Waals surface area contributed by atoms with Gasteiger partial charge in [-0.3, -0.25) is 0 Å². The molecule has 4 heteroatoms. The number of hydrogen-bond acceptors (Lipinski definition) is 4. The van der Waals surface area contributed by atoms with Crippen LogP contribution in [0.2, 0.25) is 0 Å². The summed E-state index contributed by atoms with van der Waals surface area (Å²) < 4.78 is 0. The van der Waals surface area contributed by atoms with Crippen LogP contribution in [0.4, 0.5) is 5.82 Å². The van der Waals surface area contributed by atoms with Crippen LogP contribution in [0.15, 0.2) is 47.5 Å². The Morgan fingerprint density at radius 3 is 2.83 bits per heavy atom. The zero-order valence-electron chi connectivity index (χ0n) is 10.3. The largest absolute Gasteiger partial charge is 0.383 e. The van der Waals surface area contributed by atoms with Crippen LogP contribution in [-0.4, -0.2) is 10.7 Å². The van der Waals surface area contributed by atoms with Crippen molar-refractivity contribution in [3.05, 3.63) is 53.7 Å². The molecule has 2 rings (SSSR count). The van der Waals surface area contributed by atoms with Crippen molar-refractivity contribution in [1.29, 1.82) is 0 Å². The molecule has 0 radical (unpaired) electrons. The molecule has 0 bridgehead atoms. The Kier molecular flexibility index (Phi) is 4.23. The third-order valence-electron chi connectivity index (χ3n) is 2.69. The van der Waals surface area contributed by atoms with E-state index < -0.39 is 0 Å². The fourth-order valence-corrected chi connectivity index (χ4v) is 2.72. The van der Waals surface area contributed by atoms with E-state index in [-0.39, 0.29) is 6.04 Å².